The van der Waals surface area contributed by atoms with Crippen LogP contribution >= 0.6 is 11.6 Å². The number of hydrogen-bond donors (Lipinski definition) is 3. The van der Waals surface area contributed by atoms with Gasteiger partial charge in [-0.2, -0.15) is 0 Å². The zero-order valence-electron chi connectivity index (χ0n) is 21.5. The van der Waals surface area contributed by atoms with Crippen molar-refractivity contribution in [3.8, 4) is 5.75 Å². The minimum absolute atomic E-state index is 0.000319. The van der Waals surface area contributed by atoms with Crippen LogP contribution in [-0.4, -0.2) is 69.7 Å². The first kappa shape index (κ1) is 28.4. The van der Waals surface area contributed by atoms with E-state index in [1.165, 1.54) is 23.4 Å². The molecule has 1 saturated heterocycles. The molecule has 3 N–H and O–H groups in total. The number of carbonyl (C=O) groups excluding carboxylic acids is 1. The van der Waals surface area contributed by atoms with E-state index in [2.05, 4.69) is 16.1 Å². The Kier molecular flexibility index (Phi) is 8.99. The number of hydrazine groups is 1. The summed E-state index contributed by atoms with van der Waals surface area (Å²) in [6.45, 7) is 6.58. The van der Waals surface area contributed by atoms with Crippen LogP contribution in [0.2, 0.25) is 5.02 Å². The number of sulfonamides is 1. The van der Waals surface area contributed by atoms with Gasteiger partial charge in [0.15, 0.2) is 0 Å². The zero-order valence-corrected chi connectivity index (χ0v) is 23.1. The topological polar surface area (TPSA) is 112 Å². The van der Waals surface area contributed by atoms with Gasteiger partial charge in [0.25, 0.3) is 0 Å². The molecule has 0 saturated carbocycles. The highest BCUT2D eigenvalue weighted by Crippen LogP contribution is 2.39. The number of fused-ring (bicyclic) bond motifs is 1. The quantitative estimate of drug-likeness (QED) is 0.400. The Morgan fingerprint density at radius 3 is 2.74 bits per heavy atom. The van der Waals surface area contributed by atoms with Crippen LogP contribution in [0.5, 0.6) is 5.75 Å². The van der Waals surface area contributed by atoms with Gasteiger partial charge in [-0.3, -0.25) is 9.10 Å². The highest BCUT2D eigenvalue weighted by atomic mass is 35.5. The molecule has 1 fully saturated rings. The maximum absolute atomic E-state index is 14.3. The zero-order chi connectivity index (χ0) is 27.4. The normalized spacial score (nSPS) is 21.6. The molecule has 2 heterocycles. The minimum Gasteiger partial charge on any atom is -0.484 e. The smallest absolute Gasteiger partial charge is 0.243 e. The van der Waals surface area contributed by atoms with Crippen LogP contribution in [0.4, 0.5) is 15.8 Å². The molecule has 2 unspecified atom stereocenters. The molecule has 1 amide bonds. The summed E-state index contributed by atoms with van der Waals surface area (Å²) in [6, 6.07) is 9.51. The summed E-state index contributed by atoms with van der Waals surface area (Å²) in [4.78, 5) is 11.5. The predicted molar refractivity (Wildman–Crippen MR) is 144 cm³/mol. The Balaban J connectivity index is 1.66. The van der Waals surface area contributed by atoms with Gasteiger partial charge in [-0.05, 0) is 37.3 Å². The van der Waals surface area contributed by atoms with Gasteiger partial charge in [-0.15, -0.1) is 0 Å². The SMILES string of the molecule is CCOC1NN(CC)CC1S(=O)(=O)N1C[C@H](CNC(C)=O)Oc2ccc(NCc3c(F)cccc3Cl)cc21. The molecule has 2 aliphatic heterocycles. The fraction of sp³-hybridized carbons (Fsp3) is 0.480. The molecular weight excluding hydrogens is 537 g/mol. The van der Waals surface area contributed by atoms with Gasteiger partial charge in [0.2, 0.25) is 15.9 Å². The third-order valence-corrected chi connectivity index (χ3v) is 8.94. The average Bonchev–Trinajstić information content (AvgIpc) is 3.31. The minimum atomic E-state index is -3.96. The van der Waals surface area contributed by atoms with E-state index in [9.17, 15) is 17.6 Å². The highest BCUT2D eigenvalue weighted by molar-refractivity contribution is 7.93. The van der Waals surface area contributed by atoms with Crippen molar-refractivity contribution >= 4 is 38.9 Å². The third-order valence-electron chi connectivity index (χ3n) is 6.47. The lowest BCUT2D eigenvalue weighted by molar-refractivity contribution is -0.119. The third kappa shape index (κ3) is 6.15. The van der Waals surface area contributed by atoms with E-state index >= 15 is 0 Å². The molecule has 0 radical (unpaired) electrons. The summed E-state index contributed by atoms with van der Waals surface area (Å²) < 4.78 is 55.6. The Hall–Kier alpha value is -2.64. The first-order chi connectivity index (χ1) is 18.1. The van der Waals surface area contributed by atoms with Gasteiger partial charge in [0, 0.05) is 49.4 Å². The number of hydrogen-bond acceptors (Lipinski definition) is 8. The standard InChI is InChI=1S/C25H33ClFN5O5S/c1-4-31-15-24(25(30-31)36-5-2)38(34,35)32-14-18(12-28-16(3)33)37-23-10-9-17(11-22(23)32)29-13-19-20(26)7-6-8-21(19)27/h6-11,18,24-25,29-30H,4-5,12-15H2,1-3H3,(H,28,33)/t18-,24?,25?/m0/s1. The number of amides is 1. The fourth-order valence-electron chi connectivity index (χ4n) is 4.51. The lowest BCUT2D eigenvalue weighted by Crippen LogP contribution is -2.53. The maximum Gasteiger partial charge on any atom is 0.243 e. The van der Waals surface area contributed by atoms with Crippen molar-refractivity contribution in [1.29, 1.82) is 0 Å². The molecule has 2 aliphatic rings. The summed E-state index contributed by atoms with van der Waals surface area (Å²) in [5.41, 5.74) is 4.34. The second-order valence-electron chi connectivity index (χ2n) is 9.07. The molecule has 38 heavy (non-hydrogen) atoms. The average molecular weight is 570 g/mol. The van der Waals surface area contributed by atoms with E-state index in [-0.39, 0.29) is 32.1 Å². The van der Waals surface area contributed by atoms with E-state index < -0.39 is 33.4 Å². The molecular formula is C25H33ClFN5O5S. The Morgan fingerprint density at radius 2 is 2.05 bits per heavy atom. The number of rotatable bonds is 10. The summed E-state index contributed by atoms with van der Waals surface area (Å²) in [5, 5.41) is 7.06. The van der Waals surface area contributed by atoms with Crippen molar-refractivity contribution in [2.45, 2.75) is 44.9 Å². The van der Waals surface area contributed by atoms with E-state index in [1.807, 2.05) is 18.9 Å². The van der Waals surface area contributed by atoms with Crippen LogP contribution in [0.25, 0.3) is 0 Å². The second-order valence-corrected chi connectivity index (χ2v) is 11.6. The first-order valence-corrected chi connectivity index (χ1v) is 14.4. The molecule has 0 aliphatic carbocycles. The number of nitrogens with zero attached hydrogens (tertiary/aromatic N) is 2. The monoisotopic (exact) mass is 569 g/mol. The molecule has 13 heteroatoms. The summed E-state index contributed by atoms with van der Waals surface area (Å²) in [7, 11) is -3.96. The predicted octanol–water partition coefficient (Wildman–Crippen LogP) is 2.70. The van der Waals surface area contributed by atoms with Gasteiger partial charge in [0.1, 0.15) is 29.1 Å². The molecule has 0 aromatic heterocycles. The van der Waals surface area contributed by atoms with Gasteiger partial charge in [-0.25, -0.2) is 23.2 Å². The molecule has 208 valence electrons. The highest BCUT2D eigenvalue weighted by Gasteiger charge is 2.46. The number of carbonyl (C=O) groups is 1. The molecule has 2 aromatic carbocycles. The van der Waals surface area contributed by atoms with Crippen molar-refractivity contribution in [2.24, 2.45) is 0 Å². The van der Waals surface area contributed by atoms with Crippen molar-refractivity contribution in [3.63, 3.8) is 0 Å². The summed E-state index contributed by atoms with van der Waals surface area (Å²) >= 11 is 6.16. The van der Waals surface area contributed by atoms with Gasteiger partial charge in [-0.1, -0.05) is 24.6 Å². The van der Waals surface area contributed by atoms with Crippen molar-refractivity contribution < 1.29 is 27.1 Å². The molecule has 3 atom stereocenters. The van der Waals surface area contributed by atoms with E-state index in [1.54, 1.807) is 24.3 Å². The summed E-state index contributed by atoms with van der Waals surface area (Å²) in [5.74, 6) is -0.321. The summed E-state index contributed by atoms with van der Waals surface area (Å²) in [6.07, 6.45) is -1.31. The fourth-order valence-corrected chi connectivity index (χ4v) is 6.67. The van der Waals surface area contributed by atoms with Gasteiger partial charge >= 0.3 is 0 Å². The van der Waals surface area contributed by atoms with Crippen molar-refractivity contribution in [2.75, 3.05) is 42.4 Å². The van der Waals surface area contributed by atoms with Crippen LogP contribution in [0, 0.1) is 5.82 Å². The number of halogens is 2. The first-order valence-electron chi connectivity index (χ1n) is 12.5. The van der Waals surface area contributed by atoms with Crippen molar-refractivity contribution in [1.82, 2.24) is 15.8 Å². The van der Waals surface area contributed by atoms with Crippen LogP contribution in [0.15, 0.2) is 36.4 Å². The lowest BCUT2D eigenvalue weighted by atomic mass is 10.1. The van der Waals surface area contributed by atoms with E-state index in [0.29, 0.717) is 40.9 Å². The Bertz CT molecular complexity index is 1250. The van der Waals surface area contributed by atoms with E-state index in [0.717, 1.165) is 0 Å². The number of benzene rings is 2. The second kappa shape index (κ2) is 12.0. The van der Waals surface area contributed by atoms with Crippen LogP contribution in [0.1, 0.15) is 26.3 Å². The molecule has 0 spiro atoms. The molecule has 4 rings (SSSR count). The lowest BCUT2D eigenvalue weighted by Gasteiger charge is -2.37. The maximum atomic E-state index is 14.3. The molecule has 0 bridgehead atoms. The van der Waals surface area contributed by atoms with Gasteiger partial charge < -0.3 is 20.1 Å². The van der Waals surface area contributed by atoms with Crippen LogP contribution in [0.3, 0.4) is 0 Å². The number of ether oxygens (including phenoxy) is 2. The molecule has 2 aromatic rings. The number of nitrogens with one attached hydrogen (secondary N) is 3. The Labute approximate surface area is 227 Å². The van der Waals surface area contributed by atoms with Crippen molar-refractivity contribution in [3.05, 3.63) is 52.8 Å². The van der Waals surface area contributed by atoms with E-state index in [4.69, 9.17) is 21.1 Å². The van der Waals surface area contributed by atoms with Crippen LogP contribution in [-0.2, 0) is 26.1 Å². The van der Waals surface area contributed by atoms with Gasteiger partial charge in [0.05, 0.1) is 18.8 Å². The molecule has 10 nitrogen and oxygen atoms in total. The number of anilines is 2. The van der Waals surface area contributed by atoms with Crippen LogP contribution < -0.4 is 25.1 Å². The largest absolute Gasteiger partial charge is 0.484 e. The Morgan fingerprint density at radius 1 is 1.26 bits per heavy atom.